The summed E-state index contributed by atoms with van der Waals surface area (Å²) in [6.07, 6.45) is 5.51. The van der Waals surface area contributed by atoms with Crippen molar-refractivity contribution in [2.75, 3.05) is 0 Å². The van der Waals surface area contributed by atoms with Gasteiger partial charge in [0.15, 0.2) is 0 Å². The van der Waals surface area contributed by atoms with E-state index in [-0.39, 0.29) is 0 Å². The molecular weight excluding hydrogens is 160 g/mol. The first-order valence-electron chi connectivity index (χ1n) is 5.68. The maximum Gasteiger partial charge on any atom is 0.00729 e. The Bertz CT molecular complexity index is 167. The van der Waals surface area contributed by atoms with Crippen LogP contribution in [0.4, 0.5) is 0 Å². The summed E-state index contributed by atoms with van der Waals surface area (Å²) < 4.78 is 0. The van der Waals surface area contributed by atoms with Gasteiger partial charge >= 0.3 is 0 Å². The molecule has 2 saturated heterocycles. The molecule has 0 saturated carbocycles. The molecule has 2 aliphatic heterocycles. The van der Waals surface area contributed by atoms with E-state index in [0.29, 0.717) is 12.0 Å². The van der Waals surface area contributed by atoms with Crippen molar-refractivity contribution in [1.82, 2.24) is 5.32 Å². The van der Waals surface area contributed by atoms with Crippen LogP contribution in [0.1, 0.15) is 39.5 Å². The average Bonchev–Trinajstić information content (AvgIpc) is 2.44. The highest BCUT2D eigenvalue weighted by atomic mass is 15.0. The van der Waals surface area contributed by atoms with E-state index >= 15 is 0 Å². The minimum absolute atomic E-state index is 0.363. The number of piperidine rings is 1. The first-order valence-corrected chi connectivity index (χ1v) is 5.68. The molecule has 0 aromatic heterocycles. The monoisotopic (exact) mass is 182 g/mol. The molecule has 0 radical (unpaired) electrons. The van der Waals surface area contributed by atoms with Crippen molar-refractivity contribution in [2.24, 2.45) is 17.6 Å². The van der Waals surface area contributed by atoms with Crippen molar-refractivity contribution >= 4 is 0 Å². The van der Waals surface area contributed by atoms with Gasteiger partial charge in [-0.15, -0.1) is 0 Å². The lowest BCUT2D eigenvalue weighted by molar-refractivity contribution is 0.209. The van der Waals surface area contributed by atoms with E-state index in [0.717, 1.165) is 18.0 Å². The first kappa shape index (κ1) is 9.47. The molecule has 2 fully saturated rings. The molecule has 0 spiro atoms. The standard InChI is InChI=1S/C11H22N2/c1-7(8(2)12)9-5-10-3-4-11(6-9)13-10/h7-11,13H,3-6,12H2,1-2H3. The van der Waals surface area contributed by atoms with Gasteiger partial charge in [-0.05, 0) is 44.4 Å². The molecule has 4 atom stereocenters. The van der Waals surface area contributed by atoms with E-state index in [1.807, 2.05) is 0 Å². The Morgan fingerprint density at radius 2 is 1.69 bits per heavy atom. The van der Waals surface area contributed by atoms with Gasteiger partial charge in [-0.25, -0.2) is 0 Å². The minimum Gasteiger partial charge on any atom is -0.328 e. The Balaban J connectivity index is 1.94. The lowest BCUT2D eigenvalue weighted by atomic mass is 9.80. The Morgan fingerprint density at radius 3 is 2.15 bits per heavy atom. The zero-order chi connectivity index (χ0) is 9.42. The fourth-order valence-electron chi connectivity index (χ4n) is 2.96. The van der Waals surface area contributed by atoms with Crippen LogP contribution < -0.4 is 11.1 Å². The van der Waals surface area contributed by atoms with Gasteiger partial charge < -0.3 is 11.1 Å². The molecule has 2 aliphatic rings. The molecule has 2 nitrogen and oxygen atoms in total. The van der Waals surface area contributed by atoms with Crippen molar-refractivity contribution in [1.29, 1.82) is 0 Å². The van der Waals surface area contributed by atoms with E-state index in [1.165, 1.54) is 25.7 Å². The molecule has 3 N–H and O–H groups in total. The highest BCUT2D eigenvalue weighted by molar-refractivity contribution is 4.94. The van der Waals surface area contributed by atoms with Crippen molar-refractivity contribution in [3.05, 3.63) is 0 Å². The summed E-state index contributed by atoms with van der Waals surface area (Å²) >= 11 is 0. The van der Waals surface area contributed by atoms with E-state index < -0.39 is 0 Å². The van der Waals surface area contributed by atoms with Crippen LogP contribution in [0.15, 0.2) is 0 Å². The zero-order valence-electron chi connectivity index (χ0n) is 8.79. The number of nitrogens with one attached hydrogen (secondary N) is 1. The third-order valence-corrected chi connectivity index (χ3v) is 4.08. The van der Waals surface area contributed by atoms with Crippen molar-refractivity contribution in [3.63, 3.8) is 0 Å². The molecule has 2 bridgehead atoms. The van der Waals surface area contributed by atoms with Gasteiger partial charge in [-0.2, -0.15) is 0 Å². The van der Waals surface area contributed by atoms with E-state index in [9.17, 15) is 0 Å². The summed E-state index contributed by atoms with van der Waals surface area (Å²) in [5.41, 5.74) is 5.96. The van der Waals surface area contributed by atoms with Crippen LogP contribution in [0.25, 0.3) is 0 Å². The Hall–Kier alpha value is -0.0800. The van der Waals surface area contributed by atoms with Gasteiger partial charge in [0.2, 0.25) is 0 Å². The molecule has 76 valence electrons. The normalized spacial score (nSPS) is 43.2. The highest BCUT2D eigenvalue weighted by Gasteiger charge is 2.36. The molecule has 0 amide bonds. The van der Waals surface area contributed by atoms with Crippen LogP contribution >= 0.6 is 0 Å². The molecule has 2 heteroatoms. The maximum atomic E-state index is 5.96. The Labute approximate surface area is 81.3 Å². The quantitative estimate of drug-likeness (QED) is 0.679. The van der Waals surface area contributed by atoms with Gasteiger partial charge in [-0.1, -0.05) is 6.92 Å². The predicted molar refractivity (Wildman–Crippen MR) is 55.5 cm³/mol. The van der Waals surface area contributed by atoms with Gasteiger partial charge in [0.25, 0.3) is 0 Å². The van der Waals surface area contributed by atoms with Crippen LogP contribution in [-0.2, 0) is 0 Å². The number of rotatable bonds is 2. The van der Waals surface area contributed by atoms with Crippen molar-refractivity contribution < 1.29 is 0 Å². The van der Waals surface area contributed by atoms with Crippen LogP contribution in [0.2, 0.25) is 0 Å². The second-order valence-corrected chi connectivity index (χ2v) is 5.09. The summed E-state index contributed by atoms with van der Waals surface area (Å²) in [7, 11) is 0. The second kappa shape index (κ2) is 3.58. The molecule has 0 aliphatic carbocycles. The van der Waals surface area contributed by atoms with E-state index in [4.69, 9.17) is 5.73 Å². The smallest absolute Gasteiger partial charge is 0.00729 e. The first-order chi connectivity index (χ1) is 6.16. The predicted octanol–water partition coefficient (Wildman–Crippen LogP) is 1.50. The van der Waals surface area contributed by atoms with Crippen LogP contribution in [0.3, 0.4) is 0 Å². The highest BCUT2D eigenvalue weighted by Crippen LogP contribution is 2.35. The van der Waals surface area contributed by atoms with E-state index in [1.54, 1.807) is 0 Å². The molecule has 4 unspecified atom stereocenters. The Morgan fingerprint density at radius 1 is 1.15 bits per heavy atom. The van der Waals surface area contributed by atoms with Gasteiger partial charge in [0, 0.05) is 18.1 Å². The Kier molecular flexibility index (Phi) is 2.61. The summed E-state index contributed by atoms with van der Waals surface area (Å²) in [4.78, 5) is 0. The molecule has 13 heavy (non-hydrogen) atoms. The third-order valence-electron chi connectivity index (χ3n) is 4.08. The lowest BCUT2D eigenvalue weighted by Gasteiger charge is -2.34. The topological polar surface area (TPSA) is 38.0 Å². The zero-order valence-corrected chi connectivity index (χ0v) is 8.79. The summed E-state index contributed by atoms with van der Waals surface area (Å²) in [5, 5.41) is 3.67. The third kappa shape index (κ3) is 1.89. The van der Waals surface area contributed by atoms with Gasteiger partial charge in [0.05, 0.1) is 0 Å². The molecule has 2 rings (SSSR count). The largest absolute Gasteiger partial charge is 0.328 e. The maximum absolute atomic E-state index is 5.96. The number of hydrogen-bond acceptors (Lipinski definition) is 2. The van der Waals surface area contributed by atoms with E-state index in [2.05, 4.69) is 19.2 Å². The molecule has 0 aromatic rings. The van der Waals surface area contributed by atoms with Crippen molar-refractivity contribution in [2.45, 2.75) is 57.7 Å². The van der Waals surface area contributed by atoms with Crippen LogP contribution in [-0.4, -0.2) is 18.1 Å². The fraction of sp³-hybridized carbons (Fsp3) is 1.00. The SMILES string of the molecule is CC(N)C(C)C1CC2CCC(C1)N2. The minimum atomic E-state index is 0.363. The van der Waals surface area contributed by atoms with Crippen LogP contribution in [0, 0.1) is 11.8 Å². The molecule has 0 aromatic carbocycles. The summed E-state index contributed by atoms with van der Waals surface area (Å²) in [6, 6.07) is 1.98. The molecule has 2 heterocycles. The number of nitrogens with two attached hydrogens (primary N) is 1. The second-order valence-electron chi connectivity index (χ2n) is 5.09. The van der Waals surface area contributed by atoms with Crippen LogP contribution in [0.5, 0.6) is 0 Å². The number of fused-ring (bicyclic) bond motifs is 2. The summed E-state index contributed by atoms with van der Waals surface area (Å²) in [6.45, 7) is 4.47. The van der Waals surface area contributed by atoms with Gasteiger partial charge in [0.1, 0.15) is 0 Å². The van der Waals surface area contributed by atoms with Crippen molar-refractivity contribution in [3.8, 4) is 0 Å². The average molecular weight is 182 g/mol. The lowest BCUT2D eigenvalue weighted by Crippen LogP contribution is -2.43. The van der Waals surface area contributed by atoms with Gasteiger partial charge in [-0.3, -0.25) is 0 Å². The number of hydrogen-bond donors (Lipinski definition) is 2. The molecular formula is C11H22N2. The fourth-order valence-corrected chi connectivity index (χ4v) is 2.96. The summed E-state index contributed by atoms with van der Waals surface area (Å²) in [5.74, 6) is 1.57.